The van der Waals surface area contributed by atoms with Crippen molar-refractivity contribution in [1.82, 2.24) is 0 Å². The van der Waals surface area contributed by atoms with E-state index >= 15 is 0 Å². The second kappa shape index (κ2) is 10.0. The lowest BCUT2D eigenvalue weighted by Crippen LogP contribution is -2.57. The first-order valence-electron chi connectivity index (χ1n) is 7.80. The monoisotopic (exact) mass is 392 g/mol. The van der Waals surface area contributed by atoms with Gasteiger partial charge in [-0.25, -0.2) is 0 Å². The fourth-order valence-electron chi connectivity index (χ4n) is 2.36. The molecular weight excluding hydrogens is 365 g/mol. The Balaban J connectivity index is 2.62. The van der Waals surface area contributed by atoms with Crippen molar-refractivity contribution in [2.45, 2.75) is 70.6 Å². The summed E-state index contributed by atoms with van der Waals surface area (Å²) in [5, 5.41) is 0. The van der Waals surface area contributed by atoms with E-state index in [0.717, 1.165) is 19.4 Å². The molecule has 0 saturated heterocycles. The van der Waals surface area contributed by atoms with Gasteiger partial charge < -0.3 is 21.2 Å². The van der Waals surface area contributed by atoms with E-state index in [2.05, 4.69) is 20.0 Å². The van der Waals surface area contributed by atoms with Crippen molar-refractivity contribution in [2.24, 2.45) is 0 Å². The standard InChI is InChI=1S/C12H28O5Si5/c1-7-8-9-13-11-10-12(11)21(5,6)17-22(14-18-2,15-19-3)16-20-4/h11-12H,7-10H2,1-6H3. The van der Waals surface area contributed by atoms with Crippen LogP contribution in [-0.2, 0) is 21.2 Å². The van der Waals surface area contributed by atoms with Gasteiger partial charge in [-0.2, -0.15) is 0 Å². The molecule has 22 heavy (non-hydrogen) atoms. The third-order valence-electron chi connectivity index (χ3n) is 3.52. The molecule has 1 rings (SSSR count). The first kappa shape index (κ1) is 20.9. The Kier molecular flexibility index (Phi) is 9.52. The molecular formula is C12H28O5Si5. The fourth-order valence-corrected chi connectivity index (χ4v) is 13.6. The first-order valence-corrected chi connectivity index (χ1v) is 16.6. The molecule has 0 aromatic heterocycles. The summed E-state index contributed by atoms with van der Waals surface area (Å²) in [6.45, 7) is 13.5. The van der Waals surface area contributed by atoms with Crippen molar-refractivity contribution >= 4 is 46.7 Å². The summed E-state index contributed by atoms with van der Waals surface area (Å²) in [6.07, 6.45) is 3.76. The van der Waals surface area contributed by atoms with Crippen molar-refractivity contribution in [1.29, 1.82) is 0 Å². The van der Waals surface area contributed by atoms with E-state index in [-0.39, 0.29) is 0 Å². The van der Waals surface area contributed by atoms with Crippen LogP contribution in [0.5, 0.6) is 0 Å². The largest absolute Gasteiger partial charge is 0.636 e. The van der Waals surface area contributed by atoms with Crippen molar-refractivity contribution < 1.29 is 21.2 Å². The molecule has 1 saturated carbocycles. The average Bonchev–Trinajstić information content (AvgIpc) is 3.20. The van der Waals surface area contributed by atoms with Crippen LogP contribution in [0, 0.1) is 0 Å². The zero-order valence-electron chi connectivity index (χ0n) is 14.5. The van der Waals surface area contributed by atoms with Gasteiger partial charge >= 0.3 is 9.05 Å². The van der Waals surface area contributed by atoms with Gasteiger partial charge in [-0.1, -0.05) is 13.3 Å². The molecule has 1 aliphatic carbocycles. The normalized spacial score (nSPS) is 22.1. The van der Waals surface area contributed by atoms with Crippen LogP contribution in [0.25, 0.3) is 0 Å². The third kappa shape index (κ3) is 6.41. The molecule has 1 fully saturated rings. The van der Waals surface area contributed by atoms with Crippen molar-refractivity contribution in [3.8, 4) is 0 Å². The number of hydrogen-bond donors (Lipinski definition) is 0. The summed E-state index contributed by atoms with van der Waals surface area (Å²) < 4.78 is 30.0. The highest BCUT2D eigenvalue weighted by Gasteiger charge is 2.57. The van der Waals surface area contributed by atoms with Crippen molar-refractivity contribution in [3.63, 3.8) is 0 Å². The molecule has 0 amide bonds. The molecule has 0 aromatic rings. The molecule has 5 nitrogen and oxygen atoms in total. The number of unbranched alkanes of at least 4 members (excludes halogenated alkanes) is 1. The third-order valence-corrected chi connectivity index (χ3v) is 14.5. The Morgan fingerprint density at radius 3 is 2.00 bits per heavy atom. The molecule has 0 aliphatic heterocycles. The van der Waals surface area contributed by atoms with E-state index < -0.39 is 17.4 Å². The summed E-state index contributed by atoms with van der Waals surface area (Å²) in [5.74, 6) is 0. The Hall–Kier alpha value is 0.884. The number of ether oxygens (including phenoxy) is 1. The highest BCUT2D eigenvalue weighted by Crippen LogP contribution is 2.49. The minimum absolute atomic E-state index is 0.309. The molecule has 2 atom stereocenters. The summed E-state index contributed by atoms with van der Waals surface area (Å²) >= 11 is 0. The van der Waals surface area contributed by atoms with Crippen LogP contribution in [0.2, 0.25) is 38.3 Å². The Labute approximate surface area is 145 Å². The molecule has 1 aliphatic rings. The van der Waals surface area contributed by atoms with E-state index in [4.69, 9.17) is 21.2 Å². The molecule has 0 heterocycles. The van der Waals surface area contributed by atoms with Gasteiger partial charge in [0.15, 0.2) is 8.32 Å². The summed E-state index contributed by atoms with van der Waals surface area (Å²) in [4.78, 5) is 0. The van der Waals surface area contributed by atoms with Crippen LogP contribution in [0.1, 0.15) is 26.2 Å². The first-order chi connectivity index (χ1) is 10.4. The second-order valence-electron chi connectivity index (χ2n) is 5.73. The maximum Gasteiger partial charge on any atom is 0.636 e. The molecule has 0 spiro atoms. The van der Waals surface area contributed by atoms with Gasteiger partial charge in [0.05, 0.1) is 6.10 Å². The van der Waals surface area contributed by atoms with E-state index in [1.807, 2.05) is 19.6 Å². The summed E-state index contributed by atoms with van der Waals surface area (Å²) in [7, 11) is -4.02. The predicted molar refractivity (Wildman–Crippen MR) is 95.4 cm³/mol. The van der Waals surface area contributed by atoms with Crippen molar-refractivity contribution in [2.75, 3.05) is 6.61 Å². The zero-order valence-corrected chi connectivity index (χ0v) is 19.5. The lowest BCUT2D eigenvalue weighted by molar-refractivity contribution is 0.114. The van der Waals surface area contributed by atoms with Gasteiger partial charge in [-0.05, 0) is 45.6 Å². The molecule has 2 unspecified atom stereocenters. The fraction of sp³-hybridized carbons (Fsp3) is 1.00. The molecule has 126 valence electrons. The van der Waals surface area contributed by atoms with E-state index in [0.29, 0.717) is 40.9 Å². The molecule has 0 bridgehead atoms. The molecule has 6 radical (unpaired) electrons. The molecule has 0 N–H and O–H groups in total. The quantitative estimate of drug-likeness (QED) is 0.356. The van der Waals surface area contributed by atoms with Gasteiger partial charge in [-0.3, -0.25) is 0 Å². The summed E-state index contributed by atoms with van der Waals surface area (Å²) in [5.41, 5.74) is 0.521. The highest BCUT2D eigenvalue weighted by molar-refractivity contribution is 6.83. The van der Waals surface area contributed by atoms with E-state index in [1.165, 1.54) is 6.42 Å². The maximum absolute atomic E-state index is 6.46. The van der Waals surface area contributed by atoms with Crippen LogP contribution in [0.15, 0.2) is 0 Å². The highest BCUT2D eigenvalue weighted by atomic mass is 28.5. The summed E-state index contributed by atoms with van der Waals surface area (Å²) in [6, 6.07) is 0. The Morgan fingerprint density at radius 2 is 1.55 bits per heavy atom. The predicted octanol–water partition coefficient (Wildman–Crippen LogP) is 2.65. The molecule has 0 aromatic carbocycles. The van der Waals surface area contributed by atoms with Gasteiger partial charge in [0.25, 0.3) is 0 Å². The Morgan fingerprint density at radius 1 is 1.00 bits per heavy atom. The van der Waals surface area contributed by atoms with Crippen LogP contribution in [0.4, 0.5) is 0 Å². The van der Waals surface area contributed by atoms with Crippen molar-refractivity contribution in [3.05, 3.63) is 0 Å². The van der Waals surface area contributed by atoms with E-state index in [9.17, 15) is 0 Å². The smallest absolute Gasteiger partial charge is 0.395 e. The maximum atomic E-state index is 6.46. The zero-order chi connectivity index (χ0) is 16.6. The van der Waals surface area contributed by atoms with Crippen LogP contribution in [-0.4, -0.2) is 59.4 Å². The number of rotatable bonds is 13. The van der Waals surface area contributed by atoms with Gasteiger partial charge in [0, 0.05) is 12.1 Å². The topological polar surface area (TPSA) is 46.2 Å². The molecule has 10 heteroatoms. The lowest BCUT2D eigenvalue weighted by Gasteiger charge is -2.35. The SMILES string of the molecule is CCCCOC1CC1[Si](C)(C)O[Si](O[Si]C)(O[Si]C)O[Si]C. The van der Waals surface area contributed by atoms with Crippen LogP contribution < -0.4 is 0 Å². The number of hydrogen-bond acceptors (Lipinski definition) is 5. The minimum Gasteiger partial charge on any atom is -0.395 e. The second-order valence-corrected chi connectivity index (χ2v) is 15.2. The Bertz CT molecular complexity index is 303. The lowest BCUT2D eigenvalue weighted by atomic mass is 10.4. The van der Waals surface area contributed by atoms with Gasteiger partial charge in [0.1, 0.15) is 0 Å². The minimum atomic E-state index is -2.98. The van der Waals surface area contributed by atoms with Crippen LogP contribution >= 0.6 is 0 Å². The van der Waals surface area contributed by atoms with E-state index in [1.54, 1.807) is 0 Å². The average molecular weight is 393 g/mol. The van der Waals surface area contributed by atoms with Gasteiger partial charge in [-0.15, -0.1) is 0 Å². The van der Waals surface area contributed by atoms with Gasteiger partial charge in [0.2, 0.25) is 29.3 Å². The van der Waals surface area contributed by atoms with Crippen LogP contribution in [0.3, 0.4) is 0 Å².